The van der Waals surface area contributed by atoms with E-state index in [1.807, 2.05) is 36.4 Å². The second kappa shape index (κ2) is 9.11. The summed E-state index contributed by atoms with van der Waals surface area (Å²) in [6.45, 7) is 0.926. The van der Waals surface area contributed by atoms with Crippen molar-refractivity contribution in [2.75, 3.05) is 19.8 Å². The van der Waals surface area contributed by atoms with Crippen LogP contribution in [0.2, 0.25) is 0 Å². The lowest BCUT2D eigenvalue weighted by molar-refractivity contribution is -0.123. The Morgan fingerprint density at radius 2 is 1.78 bits per heavy atom. The van der Waals surface area contributed by atoms with E-state index >= 15 is 0 Å². The summed E-state index contributed by atoms with van der Waals surface area (Å²) < 4.78 is 10.9. The topological polar surface area (TPSA) is 71.3 Å². The Morgan fingerprint density at radius 1 is 1.04 bits per heavy atom. The molecule has 0 aliphatic rings. The lowest BCUT2D eigenvalue weighted by Gasteiger charge is -2.09. The number of carbonyl (C=O) groups is 1. The molecule has 0 aromatic heterocycles. The lowest BCUT2D eigenvalue weighted by atomic mass is 10.2. The first kappa shape index (κ1) is 16.4. The SMILES string of the molecule is N#Cc1ccccc1OCC(=O)NCCCOc1ccccc1. The summed E-state index contributed by atoms with van der Waals surface area (Å²) in [6, 6.07) is 18.4. The first-order valence-corrected chi connectivity index (χ1v) is 7.36. The zero-order chi connectivity index (χ0) is 16.3. The van der Waals surface area contributed by atoms with Crippen molar-refractivity contribution < 1.29 is 14.3 Å². The Labute approximate surface area is 135 Å². The van der Waals surface area contributed by atoms with E-state index in [0.717, 1.165) is 5.75 Å². The maximum Gasteiger partial charge on any atom is 0.257 e. The molecule has 2 rings (SSSR count). The van der Waals surface area contributed by atoms with Crippen LogP contribution in [0, 0.1) is 11.3 Å². The van der Waals surface area contributed by atoms with Crippen molar-refractivity contribution in [3.05, 3.63) is 60.2 Å². The van der Waals surface area contributed by atoms with Gasteiger partial charge in [-0.1, -0.05) is 30.3 Å². The molecule has 0 spiro atoms. The van der Waals surface area contributed by atoms with Crippen molar-refractivity contribution in [3.8, 4) is 17.6 Å². The second-order valence-corrected chi connectivity index (χ2v) is 4.76. The Hall–Kier alpha value is -3.00. The van der Waals surface area contributed by atoms with E-state index in [4.69, 9.17) is 14.7 Å². The van der Waals surface area contributed by atoms with Crippen LogP contribution in [0.5, 0.6) is 11.5 Å². The van der Waals surface area contributed by atoms with Crippen molar-refractivity contribution in [1.82, 2.24) is 5.32 Å². The monoisotopic (exact) mass is 310 g/mol. The van der Waals surface area contributed by atoms with Crippen LogP contribution in [-0.2, 0) is 4.79 Å². The molecule has 23 heavy (non-hydrogen) atoms. The zero-order valence-electron chi connectivity index (χ0n) is 12.7. The molecule has 0 saturated heterocycles. The fourth-order valence-corrected chi connectivity index (χ4v) is 1.89. The van der Waals surface area contributed by atoms with Crippen LogP contribution in [0.3, 0.4) is 0 Å². The fraction of sp³-hybridized carbons (Fsp3) is 0.222. The van der Waals surface area contributed by atoms with E-state index in [-0.39, 0.29) is 12.5 Å². The van der Waals surface area contributed by atoms with E-state index in [2.05, 4.69) is 5.32 Å². The molecule has 1 N–H and O–H groups in total. The van der Waals surface area contributed by atoms with E-state index in [0.29, 0.717) is 30.9 Å². The number of para-hydroxylation sites is 2. The van der Waals surface area contributed by atoms with Gasteiger partial charge < -0.3 is 14.8 Å². The molecule has 0 saturated carbocycles. The Morgan fingerprint density at radius 3 is 2.57 bits per heavy atom. The molecule has 0 atom stereocenters. The zero-order valence-corrected chi connectivity index (χ0v) is 12.7. The molecule has 0 aliphatic carbocycles. The number of rotatable bonds is 8. The number of nitrogens with one attached hydrogen (secondary N) is 1. The van der Waals surface area contributed by atoms with Crippen molar-refractivity contribution in [3.63, 3.8) is 0 Å². The van der Waals surface area contributed by atoms with Crippen LogP contribution in [0.25, 0.3) is 0 Å². The minimum Gasteiger partial charge on any atom is -0.494 e. The van der Waals surface area contributed by atoms with Gasteiger partial charge in [0.25, 0.3) is 5.91 Å². The molecule has 2 aromatic rings. The van der Waals surface area contributed by atoms with Gasteiger partial charge in [0.2, 0.25) is 0 Å². The molecule has 0 bridgehead atoms. The van der Waals surface area contributed by atoms with Gasteiger partial charge in [0, 0.05) is 6.54 Å². The average molecular weight is 310 g/mol. The van der Waals surface area contributed by atoms with Gasteiger partial charge in [-0.25, -0.2) is 0 Å². The third-order valence-corrected chi connectivity index (χ3v) is 3.02. The van der Waals surface area contributed by atoms with Crippen molar-refractivity contribution in [1.29, 1.82) is 5.26 Å². The molecular weight excluding hydrogens is 292 g/mol. The van der Waals surface area contributed by atoms with Crippen LogP contribution >= 0.6 is 0 Å². The van der Waals surface area contributed by atoms with Crippen molar-refractivity contribution in [2.45, 2.75) is 6.42 Å². The van der Waals surface area contributed by atoms with Gasteiger partial charge in [-0.15, -0.1) is 0 Å². The molecule has 118 valence electrons. The number of nitriles is 1. The molecule has 0 radical (unpaired) electrons. The molecule has 0 unspecified atom stereocenters. The van der Waals surface area contributed by atoms with E-state index < -0.39 is 0 Å². The number of benzene rings is 2. The summed E-state index contributed by atoms with van der Waals surface area (Å²) in [7, 11) is 0. The van der Waals surface area contributed by atoms with Gasteiger partial charge >= 0.3 is 0 Å². The number of hydrogen-bond donors (Lipinski definition) is 1. The third kappa shape index (κ3) is 5.71. The highest BCUT2D eigenvalue weighted by molar-refractivity contribution is 5.77. The first-order valence-electron chi connectivity index (χ1n) is 7.36. The van der Waals surface area contributed by atoms with Crippen LogP contribution in [0.4, 0.5) is 0 Å². The number of ether oxygens (including phenoxy) is 2. The van der Waals surface area contributed by atoms with Gasteiger partial charge in [0.05, 0.1) is 12.2 Å². The summed E-state index contributed by atoms with van der Waals surface area (Å²) in [5.74, 6) is 1.00. The van der Waals surface area contributed by atoms with E-state index in [1.54, 1.807) is 24.3 Å². The van der Waals surface area contributed by atoms with Gasteiger partial charge in [-0.3, -0.25) is 4.79 Å². The maximum atomic E-state index is 11.7. The molecule has 1 amide bonds. The number of hydrogen-bond acceptors (Lipinski definition) is 4. The average Bonchev–Trinajstić information content (AvgIpc) is 2.60. The van der Waals surface area contributed by atoms with Crippen molar-refractivity contribution in [2.24, 2.45) is 0 Å². The Kier molecular flexibility index (Phi) is 6.48. The largest absolute Gasteiger partial charge is 0.494 e. The molecule has 0 aliphatic heterocycles. The van der Waals surface area contributed by atoms with Crippen LogP contribution in [-0.4, -0.2) is 25.7 Å². The summed E-state index contributed by atoms with van der Waals surface area (Å²) >= 11 is 0. The van der Waals surface area contributed by atoms with Gasteiger partial charge in [0.15, 0.2) is 6.61 Å². The first-order chi connectivity index (χ1) is 11.3. The molecular formula is C18H18N2O3. The molecule has 5 heteroatoms. The van der Waals surface area contributed by atoms with Gasteiger partial charge in [-0.2, -0.15) is 5.26 Å². The summed E-state index contributed by atoms with van der Waals surface area (Å²) in [5, 5.41) is 11.7. The van der Waals surface area contributed by atoms with E-state index in [9.17, 15) is 4.79 Å². The highest BCUT2D eigenvalue weighted by Gasteiger charge is 2.05. The molecule has 0 fully saturated rings. The van der Waals surface area contributed by atoms with Crippen LogP contribution < -0.4 is 14.8 Å². The summed E-state index contributed by atoms with van der Waals surface area (Å²) in [6.07, 6.45) is 0.704. The Balaban J connectivity index is 1.61. The fourth-order valence-electron chi connectivity index (χ4n) is 1.89. The van der Waals surface area contributed by atoms with Crippen LogP contribution in [0.1, 0.15) is 12.0 Å². The highest BCUT2D eigenvalue weighted by Crippen LogP contribution is 2.16. The molecule has 2 aromatic carbocycles. The number of carbonyl (C=O) groups excluding carboxylic acids is 1. The molecule has 0 heterocycles. The smallest absolute Gasteiger partial charge is 0.257 e. The minimum absolute atomic E-state index is 0.113. The maximum absolute atomic E-state index is 11.7. The van der Waals surface area contributed by atoms with Gasteiger partial charge in [0.1, 0.15) is 17.6 Å². The predicted octanol–water partition coefficient (Wildman–Crippen LogP) is 2.52. The van der Waals surface area contributed by atoms with E-state index in [1.165, 1.54) is 0 Å². The minimum atomic E-state index is -0.225. The third-order valence-electron chi connectivity index (χ3n) is 3.02. The van der Waals surface area contributed by atoms with Crippen molar-refractivity contribution >= 4 is 5.91 Å². The highest BCUT2D eigenvalue weighted by atomic mass is 16.5. The predicted molar refractivity (Wildman–Crippen MR) is 86.2 cm³/mol. The number of amides is 1. The van der Waals surface area contributed by atoms with Crippen LogP contribution in [0.15, 0.2) is 54.6 Å². The quantitative estimate of drug-likeness (QED) is 0.761. The normalized spacial score (nSPS) is 9.70. The lowest BCUT2D eigenvalue weighted by Crippen LogP contribution is -2.30. The second-order valence-electron chi connectivity index (χ2n) is 4.76. The summed E-state index contributed by atoms with van der Waals surface area (Å²) in [4.78, 5) is 11.7. The van der Waals surface area contributed by atoms with Gasteiger partial charge in [-0.05, 0) is 30.7 Å². The number of nitrogens with zero attached hydrogens (tertiary/aromatic N) is 1. The standard InChI is InChI=1S/C18H18N2O3/c19-13-15-7-4-5-10-17(15)23-14-18(21)20-11-6-12-22-16-8-2-1-3-9-16/h1-5,7-10H,6,11-12,14H2,(H,20,21). The summed E-state index contributed by atoms with van der Waals surface area (Å²) in [5.41, 5.74) is 0.413. The molecule has 5 nitrogen and oxygen atoms in total. The Bertz CT molecular complexity index is 665.